The number of sulfonamides is 1. The fourth-order valence-electron chi connectivity index (χ4n) is 3.13. The Hall–Kier alpha value is -1.27. The first-order valence-corrected chi connectivity index (χ1v) is 8.49. The molecule has 1 aromatic rings. The van der Waals surface area contributed by atoms with E-state index in [9.17, 15) is 8.42 Å². The van der Waals surface area contributed by atoms with Gasteiger partial charge in [-0.2, -0.15) is 0 Å². The maximum absolute atomic E-state index is 11.3. The first-order chi connectivity index (χ1) is 9.25. The fraction of sp³-hybridized carbons (Fsp3) is 0.571. The molecule has 2 unspecified atom stereocenters. The molecule has 2 atom stereocenters. The molecule has 5 nitrogen and oxygen atoms in total. The van der Waals surface area contributed by atoms with E-state index in [1.54, 1.807) is 6.07 Å². The Kier molecular flexibility index (Phi) is 4.25. The Bertz CT molecular complexity index is 576. The number of nitrogens with one attached hydrogen (secondary N) is 1. The maximum Gasteiger partial charge on any atom is 0.238 e. The third-order valence-electron chi connectivity index (χ3n) is 3.89. The van der Waals surface area contributed by atoms with Crippen LogP contribution in [0.1, 0.15) is 33.1 Å². The zero-order chi connectivity index (χ0) is 14.9. The lowest BCUT2D eigenvalue weighted by Crippen LogP contribution is -2.30. The van der Waals surface area contributed by atoms with E-state index in [1.807, 2.05) is 0 Å². The van der Waals surface area contributed by atoms with Crippen molar-refractivity contribution in [3.8, 4) is 0 Å². The molecule has 1 aromatic carbocycles. The normalized spacial score (nSPS) is 27.2. The monoisotopic (exact) mass is 297 g/mol. The van der Waals surface area contributed by atoms with Crippen molar-refractivity contribution >= 4 is 21.4 Å². The molecule has 0 aromatic heterocycles. The summed E-state index contributed by atoms with van der Waals surface area (Å²) in [7, 11) is -3.70. The molecule has 0 saturated heterocycles. The summed E-state index contributed by atoms with van der Waals surface area (Å²) in [6.45, 7) is 4.52. The molecule has 0 heterocycles. The summed E-state index contributed by atoms with van der Waals surface area (Å²) >= 11 is 0. The second-order valence-electron chi connectivity index (χ2n) is 6.05. The summed E-state index contributed by atoms with van der Waals surface area (Å²) in [5.41, 5.74) is 7.12. The van der Waals surface area contributed by atoms with Gasteiger partial charge in [-0.1, -0.05) is 13.8 Å². The minimum absolute atomic E-state index is 0.0472. The molecular weight excluding hydrogens is 274 g/mol. The summed E-state index contributed by atoms with van der Waals surface area (Å²) in [4.78, 5) is 0.0472. The minimum atomic E-state index is -3.70. The van der Waals surface area contributed by atoms with E-state index < -0.39 is 10.0 Å². The average Bonchev–Trinajstić information content (AvgIpc) is 2.29. The number of primary sulfonamides is 1. The summed E-state index contributed by atoms with van der Waals surface area (Å²) in [6.07, 6.45) is 3.49. The standard InChI is InChI=1S/C14H23N3O2S/c1-9-5-10(2)7-11(6-9)17-14-4-3-12(8-13(14)15)20(16,18)19/h3-4,8-11,17H,5-7,15H2,1-2H3,(H2,16,18,19). The first-order valence-electron chi connectivity index (χ1n) is 6.94. The van der Waals surface area contributed by atoms with E-state index in [2.05, 4.69) is 19.2 Å². The van der Waals surface area contributed by atoms with Crippen LogP contribution >= 0.6 is 0 Å². The molecule has 0 radical (unpaired) electrons. The molecule has 5 N–H and O–H groups in total. The molecule has 0 amide bonds. The Morgan fingerprint density at radius 2 is 1.75 bits per heavy atom. The van der Waals surface area contributed by atoms with Gasteiger partial charge in [-0.25, -0.2) is 13.6 Å². The zero-order valence-corrected chi connectivity index (χ0v) is 12.8. The molecule has 0 aliphatic heterocycles. The van der Waals surface area contributed by atoms with Crippen LogP contribution in [0.5, 0.6) is 0 Å². The molecule has 2 rings (SSSR count). The lowest BCUT2D eigenvalue weighted by atomic mass is 9.80. The lowest BCUT2D eigenvalue weighted by Gasteiger charge is -2.33. The fourth-order valence-corrected chi connectivity index (χ4v) is 3.68. The lowest BCUT2D eigenvalue weighted by molar-refractivity contribution is 0.281. The summed E-state index contributed by atoms with van der Waals surface area (Å²) in [5, 5.41) is 8.52. The minimum Gasteiger partial charge on any atom is -0.397 e. The molecule has 1 aliphatic rings. The van der Waals surface area contributed by atoms with Gasteiger partial charge < -0.3 is 11.1 Å². The van der Waals surface area contributed by atoms with Crippen molar-refractivity contribution in [1.82, 2.24) is 0 Å². The largest absolute Gasteiger partial charge is 0.397 e. The Labute approximate surface area is 120 Å². The van der Waals surface area contributed by atoms with Crippen LogP contribution in [-0.2, 0) is 10.0 Å². The number of hydrogen-bond acceptors (Lipinski definition) is 4. The van der Waals surface area contributed by atoms with Gasteiger partial charge in [0.25, 0.3) is 0 Å². The second kappa shape index (κ2) is 5.61. The maximum atomic E-state index is 11.3. The number of rotatable bonds is 3. The first kappa shape index (κ1) is 15.1. The topological polar surface area (TPSA) is 98.2 Å². The van der Waals surface area contributed by atoms with Crippen LogP contribution < -0.4 is 16.2 Å². The second-order valence-corrected chi connectivity index (χ2v) is 7.61. The van der Waals surface area contributed by atoms with Crippen molar-refractivity contribution < 1.29 is 8.42 Å². The van der Waals surface area contributed by atoms with Crippen molar-refractivity contribution in [2.75, 3.05) is 11.1 Å². The van der Waals surface area contributed by atoms with E-state index in [1.165, 1.54) is 18.6 Å². The van der Waals surface area contributed by atoms with Gasteiger partial charge in [0.15, 0.2) is 0 Å². The van der Waals surface area contributed by atoms with Gasteiger partial charge in [0, 0.05) is 6.04 Å². The zero-order valence-electron chi connectivity index (χ0n) is 12.0. The summed E-state index contributed by atoms with van der Waals surface area (Å²) in [6, 6.07) is 4.98. The van der Waals surface area contributed by atoms with Gasteiger partial charge in [-0.3, -0.25) is 0 Å². The SMILES string of the molecule is CC1CC(C)CC(Nc2ccc(S(N)(=O)=O)cc2N)C1. The summed E-state index contributed by atoms with van der Waals surface area (Å²) in [5.74, 6) is 1.39. The van der Waals surface area contributed by atoms with E-state index >= 15 is 0 Å². The number of benzene rings is 1. The highest BCUT2D eigenvalue weighted by Gasteiger charge is 2.24. The van der Waals surface area contributed by atoms with Crippen molar-refractivity contribution in [2.45, 2.75) is 44.0 Å². The van der Waals surface area contributed by atoms with Crippen LogP contribution in [0.15, 0.2) is 23.1 Å². The number of hydrogen-bond donors (Lipinski definition) is 3. The van der Waals surface area contributed by atoms with E-state index in [-0.39, 0.29) is 4.90 Å². The quantitative estimate of drug-likeness (QED) is 0.744. The van der Waals surface area contributed by atoms with Gasteiger partial charge >= 0.3 is 0 Å². The van der Waals surface area contributed by atoms with Crippen LogP contribution in [0.3, 0.4) is 0 Å². The van der Waals surface area contributed by atoms with Crippen LogP contribution in [0.2, 0.25) is 0 Å². The molecule has 1 fully saturated rings. The third kappa shape index (κ3) is 3.64. The van der Waals surface area contributed by atoms with Crippen molar-refractivity contribution in [2.24, 2.45) is 17.0 Å². The van der Waals surface area contributed by atoms with Crippen LogP contribution in [0.4, 0.5) is 11.4 Å². The number of anilines is 2. The molecule has 1 saturated carbocycles. The predicted molar refractivity (Wildman–Crippen MR) is 81.8 cm³/mol. The highest BCUT2D eigenvalue weighted by Crippen LogP contribution is 2.32. The predicted octanol–water partition coefficient (Wildman–Crippen LogP) is 2.15. The van der Waals surface area contributed by atoms with Crippen molar-refractivity contribution in [3.63, 3.8) is 0 Å². The summed E-state index contributed by atoms with van der Waals surface area (Å²) < 4.78 is 22.5. The highest BCUT2D eigenvalue weighted by molar-refractivity contribution is 7.89. The Balaban J connectivity index is 2.14. The van der Waals surface area contributed by atoms with Gasteiger partial charge in [0.2, 0.25) is 10.0 Å². The van der Waals surface area contributed by atoms with E-state index in [4.69, 9.17) is 10.9 Å². The van der Waals surface area contributed by atoms with Crippen molar-refractivity contribution in [3.05, 3.63) is 18.2 Å². The van der Waals surface area contributed by atoms with Gasteiger partial charge in [-0.15, -0.1) is 0 Å². The number of nitrogen functional groups attached to an aromatic ring is 1. The Morgan fingerprint density at radius 3 is 2.25 bits per heavy atom. The van der Waals surface area contributed by atoms with E-state index in [0.29, 0.717) is 23.6 Å². The van der Waals surface area contributed by atoms with Gasteiger partial charge in [0.05, 0.1) is 16.3 Å². The van der Waals surface area contributed by atoms with Crippen LogP contribution in [0.25, 0.3) is 0 Å². The molecule has 1 aliphatic carbocycles. The molecule has 0 spiro atoms. The Morgan fingerprint density at radius 1 is 1.15 bits per heavy atom. The number of nitrogens with two attached hydrogens (primary N) is 2. The van der Waals surface area contributed by atoms with Crippen molar-refractivity contribution in [1.29, 1.82) is 0 Å². The van der Waals surface area contributed by atoms with Crippen LogP contribution in [-0.4, -0.2) is 14.5 Å². The average molecular weight is 297 g/mol. The van der Waals surface area contributed by atoms with Gasteiger partial charge in [0.1, 0.15) is 0 Å². The molecule has 0 bridgehead atoms. The highest BCUT2D eigenvalue weighted by atomic mass is 32.2. The molecule has 112 valence electrons. The van der Waals surface area contributed by atoms with Gasteiger partial charge in [-0.05, 0) is 49.3 Å². The smallest absolute Gasteiger partial charge is 0.238 e. The van der Waals surface area contributed by atoms with Crippen LogP contribution in [0, 0.1) is 11.8 Å². The molecule has 20 heavy (non-hydrogen) atoms. The molecule has 6 heteroatoms. The third-order valence-corrected chi connectivity index (χ3v) is 4.80. The molecular formula is C14H23N3O2S. The van der Waals surface area contributed by atoms with E-state index in [0.717, 1.165) is 18.5 Å².